The van der Waals surface area contributed by atoms with E-state index in [9.17, 15) is 9.59 Å². The lowest BCUT2D eigenvalue weighted by Gasteiger charge is -2.28. The van der Waals surface area contributed by atoms with Crippen molar-refractivity contribution < 1.29 is 24.2 Å². The molecule has 1 aromatic rings. The molecule has 1 fully saturated rings. The van der Waals surface area contributed by atoms with E-state index in [1.54, 1.807) is 14.2 Å². The summed E-state index contributed by atoms with van der Waals surface area (Å²) >= 11 is 0. The molecule has 132 valence electrons. The number of nitrogens with one attached hydrogen (secondary N) is 1. The molecule has 1 aliphatic rings. The van der Waals surface area contributed by atoms with Gasteiger partial charge in [-0.15, -0.1) is 0 Å². The van der Waals surface area contributed by atoms with Gasteiger partial charge < -0.3 is 19.9 Å². The monoisotopic (exact) mass is 335 g/mol. The van der Waals surface area contributed by atoms with E-state index < -0.39 is 11.5 Å². The topological polar surface area (TPSA) is 84.9 Å². The Balaban J connectivity index is 1.98. The third-order valence-corrected chi connectivity index (χ3v) is 4.56. The summed E-state index contributed by atoms with van der Waals surface area (Å²) in [5.74, 6) is 0.434. The number of ether oxygens (including phenoxy) is 2. The minimum absolute atomic E-state index is 0.0127. The van der Waals surface area contributed by atoms with Gasteiger partial charge in [0.1, 0.15) is 11.5 Å². The summed E-state index contributed by atoms with van der Waals surface area (Å²) in [5.41, 5.74) is 0.312. The van der Waals surface area contributed by atoms with Crippen molar-refractivity contribution in [2.24, 2.45) is 0 Å². The lowest BCUT2D eigenvalue weighted by Crippen LogP contribution is -2.47. The molecule has 0 spiro atoms. The van der Waals surface area contributed by atoms with Crippen LogP contribution in [0.2, 0.25) is 0 Å². The van der Waals surface area contributed by atoms with E-state index in [4.69, 9.17) is 14.6 Å². The maximum atomic E-state index is 12.3. The van der Waals surface area contributed by atoms with Gasteiger partial charge in [-0.1, -0.05) is 12.8 Å². The van der Waals surface area contributed by atoms with Crippen LogP contribution >= 0.6 is 0 Å². The number of hydrogen-bond acceptors (Lipinski definition) is 4. The van der Waals surface area contributed by atoms with E-state index in [1.165, 1.54) is 0 Å². The van der Waals surface area contributed by atoms with Crippen molar-refractivity contribution in [3.8, 4) is 11.5 Å². The van der Waals surface area contributed by atoms with E-state index in [2.05, 4.69) is 5.32 Å². The number of carbonyl (C=O) groups excluding carboxylic acids is 1. The highest BCUT2D eigenvalue weighted by atomic mass is 16.5. The number of amides is 1. The third kappa shape index (κ3) is 4.63. The second kappa shape index (κ2) is 8.04. The quantitative estimate of drug-likeness (QED) is 0.762. The average Bonchev–Trinajstić information content (AvgIpc) is 2.99. The molecule has 0 heterocycles. The van der Waals surface area contributed by atoms with Crippen molar-refractivity contribution in [3.05, 3.63) is 23.8 Å². The summed E-state index contributed by atoms with van der Waals surface area (Å²) in [6, 6.07) is 5.48. The van der Waals surface area contributed by atoms with Crippen LogP contribution < -0.4 is 14.8 Å². The zero-order valence-electron chi connectivity index (χ0n) is 14.3. The first-order valence-electron chi connectivity index (χ1n) is 8.22. The molecule has 0 saturated heterocycles. The van der Waals surface area contributed by atoms with Crippen molar-refractivity contribution >= 4 is 11.9 Å². The Bertz CT molecular complexity index is 593. The number of aliphatic carboxylic acids is 1. The maximum absolute atomic E-state index is 12.3. The zero-order chi connectivity index (χ0) is 17.6. The van der Waals surface area contributed by atoms with Gasteiger partial charge in [0.25, 0.3) is 0 Å². The molecular formula is C18H25NO5. The average molecular weight is 335 g/mol. The molecule has 24 heavy (non-hydrogen) atoms. The fourth-order valence-electron chi connectivity index (χ4n) is 3.37. The van der Waals surface area contributed by atoms with Crippen molar-refractivity contribution in [1.29, 1.82) is 0 Å². The Kier molecular flexibility index (Phi) is 6.06. The minimum Gasteiger partial charge on any atom is -0.497 e. The normalized spacial score (nSPS) is 15.8. The molecule has 1 aliphatic carbocycles. The van der Waals surface area contributed by atoms with E-state index in [1.807, 2.05) is 18.2 Å². The number of carboxylic acid groups (broad SMARTS) is 1. The van der Waals surface area contributed by atoms with Crippen LogP contribution in [0.15, 0.2) is 18.2 Å². The van der Waals surface area contributed by atoms with Crippen LogP contribution in [0.25, 0.3) is 0 Å². The molecule has 1 amide bonds. The Morgan fingerprint density at radius 3 is 2.50 bits per heavy atom. The molecule has 1 saturated carbocycles. The first-order chi connectivity index (χ1) is 11.5. The van der Waals surface area contributed by atoms with Crippen LogP contribution in [0.3, 0.4) is 0 Å². The predicted molar refractivity (Wildman–Crippen MR) is 89.5 cm³/mol. The van der Waals surface area contributed by atoms with Crippen LogP contribution in [0, 0.1) is 0 Å². The highest BCUT2D eigenvalue weighted by Gasteiger charge is 2.37. The summed E-state index contributed by atoms with van der Waals surface area (Å²) in [6.45, 7) is 0. The fourth-order valence-corrected chi connectivity index (χ4v) is 3.37. The van der Waals surface area contributed by atoms with E-state index in [0.717, 1.165) is 31.2 Å². The number of carboxylic acids is 1. The van der Waals surface area contributed by atoms with Gasteiger partial charge in [0, 0.05) is 6.42 Å². The van der Waals surface area contributed by atoms with Gasteiger partial charge >= 0.3 is 5.97 Å². The summed E-state index contributed by atoms with van der Waals surface area (Å²) < 4.78 is 10.5. The summed E-state index contributed by atoms with van der Waals surface area (Å²) in [4.78, 5) is 23.4. The highest BCUT2D eigenvalue weighted by molar-refractivity contribution is 5.78. The molecule has 1 aromatic carbocycles. The number of carbonyl (C=O) groups is 2. The molecule has 0 unspecified atom stereocenters. The number of aryl methyl sites for hydroxylation is 1. The van der Waals surface area contributed by atoms with Crippen LogP contribution in [-0.2, 0) is 16.0 Å². The zero-order valence-corrected chi connectivity index (χ0v) is 14.3. The Morgan fingerprint density at radius 2 is 1.92 bits per heavy atom. The minimum atomic E-state index is -0.869. The summed E-state index contributed by atoms with van der Waals surface area (Å²) in [5, 5.41) is 12.1. The van der Waals surface area contributed by atoms with Crippen LogP contribution in [-0.4, -0.2) is 36.7 Å². The molecule has 2 rings (SSSR count). The van der Waals surface area contributed by atoms with E-state index in [0.29, 0.717) is 17.9 Å². The number of benzene rings is 1. The smallest absolute Gasteiger partial charge is 0.305 e. The molecule has 6 nitrogen and oxygen atoms in total. The molecule has 0 aliphatic heterocycles. The van der Waals surface area contributed by atoms with Gasteiger partial charge in [0.05, 0.1) is 26.2 Å². The summed E-state index contributed by atoms with van der Waals surface area (Å²) in [7, 11) is 3.18. The van der Waals surface area contributed by atoms with Gasteiger partial charge in [-0.25, -0.2) is 0 Å². The van der Waals surface area contributed by atoms with Gasteiger partial charge in [-0.05, 0) is 43.0 Å². The van der Waals surface area contributed by atoms with Crippen molar-refractivity contribution in [2.75, 3.05) is 14.2 Å². The van der Waals surface area contributed by atoms with Gasteiger partial charge in [-0.3, -0.25) is 9.59 Å². The molecule has 0 radical (unpaired) electrons. The lowest BCUT2D eigenvalue weighted by molar-refractivity contribution is -0.139. The van der Waals surface area contributed by atoms with Crippen LogP contribution in [0.1, 0.15) is 44.1 Å². The molecule has 0 aromatic heterocycles. The van der Waals surface area contributed by atoms with E-state index >= 15 is 0 Å². The standard InChI is InChI=1S/C18H25NO5/c1-23-14-6-7-15(24-2)13(11-14)5-8-16(20)19-18(12-17(21)22)9-3-4-10-18/h6-7,11H,3-5,8-10,12H2,1-2H3,(H,19,20)(H,21,22). The fraction of sp³-hybridized carbons (Fsp3) is 0.556. The van der Waals surface area contributed by atoms with Crippen LogP contribution in [0.4, 0.5) is 0 Å². The van der Waals surface area contributed by atoms with Crippen molar-refractivity contribution in [2.45, 2.75) is 50.5 Å². The second-order valence-electron chi connectivity index (χ2n) is 6.28. The van der Waals surface area contributed by atoms with Gasteiger partial charge in [-0.2, -0.15) is 0 Å². The van der Waals surface area contributed by atoms with Gasteiger partial charge in [0.15, 0.2) is 0 Å². The number of methoxy groups -OCH3 is 2. The Hall–Kier alpha value is -2.24. The summed E-state index contributed by atoms with van der Waals surface area (Å²) in [6.07, 6.45) is 4.15. The highest BCUT2D eigenvalue weighted by Crippen LogP contribution is 2.33. The van der Waals surface area contributed by atoms with Crippen molar-refractivity contribution in [3.63, 3.8) is 0 Å². The third-order valence-electron chi connectivity index (χ3n) is 4.56. The first-order valence-corrected chi connectivity index (χ1v) is 8.22. The molecule has 0 atom stereocenters. The molecule has 0 bridgehead atoms. The maximum Gasteiger partial charge on any atom is 0.305 e. The largest absolute Gasteiger partial charge is 0.497 e. The van der Waals surface area contributed by atoms with Crippen LogP contribution in [0.5, 0.6) is 11.5 Å². The Morgan fingerprint density at radius 1 is 1.21 bits per heavy atom. The molecule has 2 N–H and O–H groups in total. The first kappa shape index (κ1) is 18.1. The lowest BCUT2D eigenvalue weighted by atomic mass is 9.92. The molecule has 6 heteroatoms. The number of hydrogen-bond donors (Lipinski definition) is 2. The molecular weight excluding hydrogens is 310 g/mol. The Labute approximate surface area is 142 Å². The predicted octanol–water partition coefficient (Wildman–Crippen LogP) is 2.54. The van der Waals surface area contributed by atoms with Gasteiger partial charge in [0.2, 0.25) is 5.91 Å². The van der Waals surface area contributed by atoms with Crippen molar-refractivity contribution in [1.82, 2.24) is 5.32 Å². The second-order valence-corrected chi connectivity index (χ2v) is 6.28. The SMILES string of the molecule is COc1ccc(OC)c(CCC(=O)NC2(CC(=O)O)CCCC2)c1. The number of rotatable bonds is 8. The van der Waals surface area contributed by atoms with E-state index in [-0.39, 0.29) is 18.7 Å².